The van der Waals surface area contributed by atoms with Crippen molar-refractivity contribution in [1.82, 2.24) is 9.88 Å². The number of hydrogen-bond donors (Lipinski definition) is 1. The van der Waals surface area contributed by atoms with Gasteiger partial charge in [0, 0.05) is 47.2 Å². The summed E-state index contributed by atoms with van der Waals surface area (Å²) in [6, 6.07) is 8.60. The van der Waals surface area contributed by atoms with Crippen LogP contribution in [0.3, 0.4) is 0 Å². The molecule has 2 aromatic rings. The molecule has 2 heterocycles. The van der Waals surface area contributed by atoms with Crippen LogP contribution < -0.4 is 9.64 Å². The number of hydrogen-bond acceptors (Lipinski definition) is 3. The van der Waals surface area contributed by atoms with E-state index in [0.717, 1.165) is 43.2 Å². The average Bonchev–Trinajstić information content (AvgIpc) is 2.94. The summed E-state index contributed by atoms with van der Waals surface area (Å²) in [6.45, 7) is 4.29. The normalized spacial score (nSPS) is 16.2. The Morgan fingerprint density at radius 3 is 2.52 bits per heavy atom. The average molecular weight is 397 g/mol. The maximum absolute atomic E-state index is 5.62. The van der Waals surface area contributed by atoms with E-state index in [1.807, 2.05) is 6.20 Å². The fourth-order valence-electron chi connectivity index (χ4n) is 2.69. The van der Waals surface area contributed by atoms with Gasteiger partial charge in [0.15, 0.2) is 0 Å². The molecule has 1 aromatic carbocycles. The quantitative estimate of drug-likeness (QED) is 0.809. The molecular weight excluding hydrogens is 377 g/mol. The minimum atomic E-state index is 0.946. The number of H-pyrrole nitrogens is 1. The lowest BCUT2D eigenvalue weighted by atomic mass is 10.1. The third-order valence-electron chi connectivity index (χ3n) is 3.98. The highest BCUT2D eigenvalue weighted by atomic mass is 127. The van der Waals surface area contributed by atoms with E-state index in [1.165, 1.54) is 9.26 Å². The molecule has 1 aromatic heterocycles. The smallest absolute Gasteiger partial charge is 0.142 e. The molecule has 0 spiro atoms. The van der Waals surface area contributed by atoms with Crippen molar-refractivity contribution in [3.63, 3.8) is 0 Å². The van der Waals surface area contributed by atoms with Crippen molar-refractivity contribution in [3.8, 4) is 17.0 Å². The molecule has 5 heteroatoms. The van der Waals surface area contributed by atoms with Crippen LogP contribution in [0, 0.1) is 3.57 Å². The van der Waals surface area contributed by atoms with Gasteiger partial charge in [-0.1, -0.05) is 6.07 Å². The van der Waals surface area contributed by atoms with Gasteiger partial charge in [-0.2, -0.15) is 0 Å². The topological polar surface area (TPSA) is 31.5 Å². The van der Waals surface area contributed by atoms with Crippen LogP contribution in [-0.4, -0.2) is 50.2 Å². The van der Waals surface area contributed by atoms with E-state index in [9.17, 15) is 0 Å². The van der Waals surface area contributed by atoms with Gasteiger partial charge in [-0.25, -0.2) is 0 Å². The molecular formula is C16H20IN3O. The summed E-state index contributed by atoms with van der Waals surface area (Å²) >= 11 is 2.31. The minimum Gasteiger partial charge on any atom is -0.495 e. The lowest BCUT2D eigenvalue weighted by molar-refractivity contribution is 0.311. The van der Waals surface area contributed by atoms with Gasteiger partial charge in [-0.05, 0) is 47.8 Å². The number of piperazine rings is 1. The third-order valence-corrected chi connectivity index (χ3v) is 4.61. The summed E-state index contributed by atoms with van der Waals surface area (Å²) in [5.74, 6) is 0.946. The SMILES string of the molecule is COc1cc(-c2cc(I)c[nH]2)ccc1N1CCN(C)CC1. The molecule has 0 bridgehead atoms. The number of halogens is 1. The van der Waals surface area contributed by atoms with Gasteiger partial charge >= 0.3 is 0 Å². The summed E-state index contributed by atoms with van der Waals surface area (Å²) in [5, 5.41) is 0. The van der Waals surface area contributed by atoms with Gasteiger partial charge in [0.2, 0.25) is 0 Å². The molecule has 0 atom stereocenters. The summed E-state index contributed by atoms with van der Waals surface area (Å²) in [7, 11) is 3.92. The molecule has 0 radical (unpaired) electrons. The van der Waals surface area contributed by atoms with Crippen LogP contribution in [-0.2, 0) is 0 Å². The summed E-state index contributed by atoms with van der Waals surface area (Å²) in [5.41, 5.74) is 3.48. The number of nitrogens with zero attached hydrogens (tertiary/aromatic N) is 2. The van der Waals surface area contributed by atoms with E-state index in [1.54, 1.807) is 7.11 Å². The minimum absolute atomic E-state index is 0.946. The molecule has 1 aliphatic heterocycles. The molecule has 1 fully saturated rings. The van der Waals surface area contributed by atoms with Crippen LogP contribution in [0.1, 0.15) is 0 Å². The zero-order chi connectivity index (χ0) is 14.8. The molecule has 0 unspecified atom stereocenters. The van der Waals surface area contributed by atoms with Crippen LogP contribution in [0.5, 0.6) is 5.75 Å². The molecule has 1 aliphatic rings. The third kappa shape index (κ3) is 3.18. The van der Waals surface area contributed by atoms with Crippen LogP contribution >= 0.6 is 22.6 Å². The Balaban J connectivity index is 1.89. The second kappa shape index (κ2) is 6.27. The van der Waals surface area contributed by atoms with Gasteiger partial charge in [0.25, 0.3) is 0 Å². The Morgan fingerprint density at radius 2 is 1.90 bits per heavy atom. The first kappa shape index (κ1) is 14.7. The molecule has 0 amide bonds. The van der Waals surface area contributed by atoms with Crippen molar-refractivity contribution >= 4 is 28.3 Å². The number of aromatic amines is 1. The molecule has 0 saturated carbocycles. The Hall–Kier alpha value is -1.21. The van der Waals surface area contributed by atoms with E-state index in [-0.39, 0.29) is 0 Å². The van der Waals surface area contributed by atoms with Crippen LogP contribution in [0.4, 0.5) is 5.69 Å². The first-order valence-corrected chi connectivity index (χ1v) is 8.21. The zero-order valence-corrected chi connectivity index (χ0v) is 14.6. The fourth-order valence-corrected chi connectivity index (χ4v) is 3.16. The van der Waals surface area contributed by atoms with Gasteiger partial charge in [0.05, 0.1) is 12.8 Å². The molecule has 21 heavy (non-hydrogen) atoms. The van der Waals surface area contributed by atoms with Crippen molar-refractivity contribution in [1.29, 1.82) is 0 Å². The Bertz CT molecular complexity index is 618. The fraction of sp³-hybridized carbons (Fsp3) is 0.375. The van der Waals surface area contributed by atoms with E-state index >= 15 is 0 Å². The van der Waals surface area contributed by atoms with Gasteiger partial charge in [-0.15, -0.1) is 0 Å². The van der Waals surface area contributed by atoms with Gasteiger partial charge in [-0.3, -0.25) is 0 Å². The van der Waals surface area contributed by atoms with E-state index in [4.69, 9.17) is 4.74 Å². The molecule has 1 N–H and O–H groups in total. The van der Waals surface area contributed by atoms with E-state index in [2.05, 4.69) is 68.7 Å². The highest BCUT2D eigenvalue weighted by Crippen LogP contribution is 2.33. The number of methoxy groups -OCH3 is 1. The van der Waals surface area contributed by atoms with Gasteiger partial charge in [0.1, 0.15) is 5.75 Å². The van der Waals surface area contributed by atoms with E-state index < -0.39 is 0 Å². The number of aromatic nitrogens is 1. The van der Waals surface area contributed by atoms with Crippen molar-refractivity contribution in [2.75, 3.05) is 45.2 Å². The number of ether oxygens (including phenoxy) is 1. The van der Waals surface area contributed by atoms with Crippen LogP contribution in [0.25, 0.3) is 11.3 Å². The summed E-state index contributed by atoms with van der Waals surface area (Å²) in [4.78, 5) is 8.06. The molecule has 0 aliphatic carbocycles. The highest BCUT2D eigenvalue weighted by molar-refractivity contribution is 14.1. The summed E-state index contributed by atoms with van der Waals surface area (Å²) in [6.07, 6.45) is 2.01. The van der Waals surface area contributed by atoms with Crippen LogP contribution in [0.2, 0.25) is 0 Å². The van der Waals surface area contributed by atoms with Crippen molar-refractivity contribution in [2.24, 2.45) is 0 Å². The lowest BCUT2D eigenvalue weighted by Crippen LogP contribution is -2.44. The maximum Gasteiger partial charge on any atom is 0.142 e. The number of nitrogens with one attached hydrogen (secondary N) is 1. The molecule has 3 rings (SSSR count). The predicted octanol–water partition coefficient (Wildman–Crippen LogP) is 3.05. The number of anilines is 1. The maximum atomic E-state index is 5.62. The molecule has 4 nitrogen and oxygen atoms in total. The zero-order valence-electron chi connectivity index (χ0n) is 12.4. The number of rotatable bonds is 3. The Labute approximate surface area is 139 Å². The van der Waals surface area contributed by atoms with Crippen molar-refractivity contribution in [3.05, 3.63) is 34.0 Å². The lowest BCUT2D eigenvalue weighted by Gasteiger charge is -2.34. The summed E-state index contributed by atoms with van der Waals surface area (Å²) < 4.78 is 6.84. The Morgan fingerprint density at radius 1 is 1.14 bits per heavy atom. The largest absolute Gasteiger partial charge is 0.495 e. The Kier molecular flexibility index (Phi) is 4.40. The monoisotopic (exact) mass is 397 g/mol. The van der Waals surface area contributed by atoms with E-state index in [0.29, 0.717) is 0 Å². The first-order chi connectivity index (χ1) is 10.2. The predicted molar refractivity (Wildman–Crippen MR) is 95.2 cm³/mol. The first-order valence-electron chi connectivity index (χ1n) is 7.13. The second-order valence-electron chi connectivity index (χ2n) is 5.41. The standard InChI is InChI=1S/C16H20IN3O/c1-19-5-7-20(8-6-19)15-4-3-12(9-16(15)21-2)14-10-13(17)11-18-14/h3-4,9-11,18H,5-8H2,1-2H3. The van der Waals surface area contributed by atoms with Crippen molar-refractivity contribution < 1.29 is 4.74 Å². The molecule has 112 valence electrons. The van der Waals surface area contributed by atoms with Gasteiger partial charge < -0.3 is 19.5 Å². The van der Waals surface area contributed by atoms with Crippen molar-refractivity contribution in [2.45, 2.75) is 0 Å². The number of likely N-dealkylation sites (N-methyl/N-ethyl adjacent to an activating group) is 1. The number of benzene rings is 1. The second-order valence-corrected chi connectivity index (χ2v) is 6.65. The molecule has 1 saturated heterocycles. The highest BCUT2D eigenvalue weighted by Gasteiger charge is 2.18. The van der Waals surface area contributed by atoms with Crippen LogP contribution in [0.15, 0.2) is 30.5 Å².